The standard InChI is InChI=1S/C20H26N4O4/c21-12-20(6-8-28-9-7-20)22-10-13-2-1-3-14-15(13)11-24(19(14)27)16-4-5-17(25)23-18(16)26/h1-3,16,22H,4-12,21H2,(H,23,25,26). The minimum Gasteiger partial charge on any atom is -0.381 e. The monoisotopic (exact) mass is 386 g/mol. The van der Waals surface area contributed by atoms with Gasteiger partial charge in [-0.1, -0.05) is 12.1 Å². The van der Waals surface area contributed by atoms with E-state index in [-0.39, 0.29) is 29.7 Å². The molecule has 4 N–H and O–H groups in total. The van der Waals surface area contributed by atoms with Crippen LogP contribution in [-0.2, 0) is 27.4 Å². The van der Waals surface area contributed by atoms with Gasteiger partial charge in [-0.2, -0.15) is 0 Å². The number of nitrogens with two attached hydrogens (primary N) is 1. The highest BCUT2D eigenvalue weighted by atomic mass is 16.5. The Morgan fingerprint density at radius 1 is 1.25 bits per heavy atom. The minimum absolute atomic E-state index is 0.146. The predicted molar refractivity (Wildman–Crippen MR) is 101 cm³/mol. The molecule has 0 saturated carbocycles. The fraction of sp³-hybridized carbons (Fsp3) is 0.550. The van der Waals surface area contributed by atoms with E-state index in [2.05, 4.69) is 10.6 Å². The van der Waals surface area contributed by atoms with Crippen molar-refractivity contribution in [3.63, 3.8) is 0 Å². The van der Waals surface area contributed by atoms with Gasteiger partial charge in [-0.25, -0.2) is 0 Å². The molecule has 0 radical (unpaired) electrons. The zero-order valence-electron chi connectivity index (χ0n) is 15.8. The van der Waals surface area contributed by atoms with E-state index >= 15 is 0 Å². The number of benzene rings is 1. The van der Waals surface area contributed by atoms with Crippen LogP contribution in [0.1, 0.15) is 47.2 Å². The second-order valence-corrected chi connectivity index (χ2v) is 7.79. The highest BCUT2D eigenvalue weighted by molar-refractivity contribution is 6.05. The van der Waals surface area contributed by atoms with Gasteiger partial charge in [0.05, 0.1) is 0 Å². The molecule has 3 heterocycles. The number of fused-ring (bicyclic) bond motifs is 1. The SMILES string of the molecule is NCC1(NCc2cccc3c2CN(C2CCC(=O)NC2=O)C3=O)CCOCC1. The molecular weight excluding hydrogens is 360 g/mol. The van der Waals surface area contributed by atoms with Gasteiger partial charge < -0.3 is 20.7 Å². The van der Waals surface area contributed by atoms with Crippen LogP contribution in [-0.4, -0.2) is 54.0 Å². The summed E-state index contributed by atoms with van der Waals surface area (Å²) in [6.07, 6.45) is 2.35. The molecule has 8 nitrogen and oxygen atoms in total. The van der Waals surface area contributed by atoms with Gasteiger partial charge in [-0.3, -0.25) is 19.7 Å². The molecule has 1 aromatic rings. The maximum Gasteiger partial charge on any atom is 0.255 e. The first-order chi connectivity index (χ1) is 13.5. The van der Waals surface area contributed by atoms with E-state index in [1.165, 1.54) is 0 Å². The average molecular weight is 386 g/mol. The third kappa shape index (κ3) is 3.43. The zero-order valence-corrected chi connectivity index (χ0v) is 15.8. The summed E-state index contributed by atoms with van der Waals surface area (Å²) in [5.41, 5.74) is 8.51. The first-order valence-corrected chi connectivity index (χ1v) is 9.81. The Hall–Kier alpha value is -2.29. The second-order valence-electron chi connectivity index (χ2n) is 7.79. The van der Waals surface area contributed by atoms with E-state index in [0.29, 0.717) is 44.8 Å². The molecule has 1 aromatic carbocycles. The number of hydrogen-bond acceptors (Lipinski definition) is 6. The summed E-state index contributed by atoms with van der Waals surface area (Å²) >= 11 is 0. The fourth-order valence-corrected chi connectivity index (χ4v) is 4.31. The van der Waals surface area contributed by atoms with E-state index in [9.17, 15) is 14.4 Å². The van der Waals surface area contributed by atoms with Crippen LogP contribution >= 0.6 is 0 Å². The first-order valence-electron chi connectivity index (χ1n) is 9.81. The van der Waals surface area contributed by atoms with E-state index < -0.39 is 6.04 Å². The molecule has 4 rings (SSSR count). The molecule has 28 heavy (non-hydrogen) atoms. The van der Waals surface area contributed by atoms with Crippen molar-refractivity contribution < 1.29 is 19.1 Å². The third-order valence-corrected chi connectivity index (χ3v) is 6.17. The maximum atomic E-state index is 12.9. The van der Waals surface area contributed by atoms with Gasteiger partial charge in [0.15, 0.2) is 0 Å². The summed E-state index contributed by atoms with van der Waals surface area (Å²) in [6.45, 7) is 2.92. The second kappa shape index (κ2) is 7.62. The number of amides is 3. The quantitative estimate of drug-likeness (QED) is 0.616. The highest BCUT2D eigenvalue weighted by Crippen LogP contribution is 2.30. The largest absolute Gasteiger partial charge is 0.381 e. The maximum absolute atomic E-state index is 12.9. The van der Waals surface area contributed by atoms with Crippen LogP contribution in [0.3, 0.4) is 0 Å². The van der Waals surface area contributed by atoms with Crippen LogP contribution in [0.15, 0.2) is 18.2 Å². The lowest BCUT2D eigenvalue weighted by atomic mass is 9.89. The lowest BCUT2D eigenvalue weighted by Gasteiger charge is -2.37. The van der Waals surface area contributed by atoms with Crippen molar-refractivity contribution in [2.45, 2.75) is 50.4 Å². The molecule has 150 valence electrons. The molecule has 3 aliphatic rings. The average Bonchev–Trinajstić information content (AvgIpc) is 3.04. The van der Waals surface area contributed by atoms with E-state index in [1.54, 1.807) is 11.0 Å². The van der Waals surface area contributed by atoms with E-state index in [0.717, 1.165) is 24.0 Å². The van der Waals surface area contributed by atoms with Crippen molar-refractivity contribution in [1.82, 2.24) is 15.5 Å². The molecule has 1 atom stereocenters. The van der Waals surface area contributed by atoms with Crippen LogP contribution < -0.4 is 16.4 Å². The lowest BCUT2D eigenvalue weighted by molar-refractivity contribution is -0.136. The predicted octanol–water partition coefficient (Wildman–Crippen LogP) is 0.0451. The molecule has 3 aliphatic heterocycles. The van der Waals surface area contributed by atoms with Gasteiger partial charge in [0.1, 0.15) is 6.04 Å². The summed E-state index contributed by atoms with van der Waals surface area (Å²) < 4.78 is 5.46. The number of nitrogens with one attached hydrogen (secondary N) is 2. The molecular formula is C20H26N4O4. The summed E-state index contributed by atoms with van der Waals surface area (Å²) in [6, 6.07) is 5.10. The van der Waals surface area contributed by atoms with Crippen molar-refractivity contribution in [1.29, 1.82) is 0 Å². The Balaban J connectivity index is 1.51. The van der Waals surface area contributed by atoms with Gasteiger partial charge in [-0.15, -0.1) is 0 Å². The molecule has 0 aliphatic carbocycles. The van der Waals surface area contributed by atoms with Crippen molar-refractivity contribution in [3.8, 4) is 0 Å². The molecule has 1 unspecified atom stereocenters. The summed E-state index contributed by atoms with van der Waals surface area (Å²) in [5.74, 6) is -0.814. The van der Waals surface area contributed by atoms with Crippen LogP contribution in [0.5, 0.6) is 0 Å². The van der Waals surface area contributed by atoms with Gasteiger partial charge in [-0.05, 0) is 36.5 Å². The highest BCUT2D eigenvalue weighted by Gasteiger charge is 2.40. The number of carbonyl (C=O) groups is 3. The number of carbonyl (C=O) groups excluding carboxylic acids is 3. The van der Waals surface area contributed by atoms with Gasteiger partial charge in [0.25, 0.3) is 5.91 Å². The van der Waals surface area contributed by atoms with Gasteiger partial charge >= 0.3 is 0 Å². The Kier molecular flexibility index (Phi) is 5.18. The van der Waals surface area contributed by atoms with Crippen molar-refractivity contribution in [3.05, 3.63) is 34.9 Å². The summed E-state index contributed by atoms with van der Waals surface area (Å²) in [7, 11) is 0. The van der Waals surface area contributed by atoms with E-state index in [1.807, 2.05) is 12.1 Å². The van der Waals surface area contributed by atoms with Gasteiger partial charge in [0, 0.05) is 50.4 Å². The summed E-state index contributed by atoms with van der Waals surface area (Å²) in [5, 5.41) is 5.93. The number of nitrogens with zero attached hydrogens (tertiary/aromatic N) is 1. The molecule has 2 saturated heterocycles. The number of rotatable bonds is 5. The third-order valence-electron chi connectivity index (χ3n) is 6.17. The van der Waals surface area contributed by atoms with Crippen LogP contribution in [0, 0.1) is 0 Å². The molecule has 3 amide bonds. The smallest absolute Gasteiger partial charge is 0.255 e. The number of ether oxygens (including phenoxy) is 1. The lowest BCUT2D eigenvalue weighted by Crippen LogP contribution is -2.54. The van der Waals surface area contributed by atoms with Crippen LogP contribution in [0.25, 0.3) is 0 Å². The number of piperidine rings is 1. The topological polar surface area (TPSA) is 114 Å². The summed E-state index contributed by atoms with van der Waals surface area (Å²) in [4.78, 5) is 38.1. The molecule has 8 heteroatoms. The normalized spacial score (nSPS) is 24.2. The first kappa shape index (κ1) is 19.0. The van der Waals surface area contributed by atoms with Crippen LogP contribution in [0.2, 0.25) is 0 Å². The van der Waals surface area contributed by atoms with E-state index in [4.69, 9.17) is 10.5 Å². The van der Waals surface area contributed by atoms with Gasteiger partial charge in [0.2, 0.25) is 11.8 Å². The Morgan fingerprint density at radius 2 is 2.04 bits per heavy atom. The fourth-order valence-electron chi connectivity index (χ4n) is 4.31. The van der Waals surface area contributed by atoms with Crippen LogP contribution in [0.4, 0.5) is 0 Å². The Morgan fingerprint density at radius 3 is 2.75 bits per heavy atom. The molecule has 0 aromatic heterocycles. The molecule has 0 spiro atoms. The Labute approximate surface area is 163 Å². The molecule has 0 bridgehead atoms. The zero-order chi connectivity index (χ0) is 19.7. The van der Waals surface area contributed by atoms with Crippen molar-refractivity contribution in [2.75, 3.05) is 19.8 Å². The Bertz CT molecular complexity index is 803. The van der Waals surface area contributed by atoms with Crippen molar-refractivity contribution >= 4 is 17.7 Å². The number of hydrogen-bond donors (Lipinski definition) is 3. The number of imide groups is 1. The minimum atomic E-state index is -0.593. The molecule has 2 fully saturated rings. The van der Waals surface area contributed by atoms with Crippen molar-refractivity contribution in [2.24, 2.45) is 5.73 Å².